The fourth-order valence-corrected chi connectivity index (χ4v) is 1.87. The minimum absolute atomic E-state index is 0.126. The predicted octanol–water partition coefficient (Wildman–Crippen LogP) is 2.90. The van der Waals surface area contributed by atoms with Crippen LogP contribution in [0.4, 0.5) is 11.4 Å². The molecule has 4 nitrogen and oxygen atoms in total. The quantitative estimate of drug-likeness (QED) is 0.759. The van der Waals surface area contributed by atoms with E-state index in [0.29, 0.717) is 11.3 Å². The average molecular weight is 285 g/mol. The molecule has 0 saturated heterocycles. The number of rotatable bonds is 3. The fraction of sp³-hybridized carbons (Fsp3) is 0.0667. The van der Waals surface area contributed by atoms with Crippen LogP contribution in [0.5, 0.6) is 0 Å². The zero-order valence-corrected chi connectivity index (χ0v) is 11.8. The van der Waals surface area contributed by atoms with Crippen LogP contribution in [-0.2, 0) is 0 Å². The van der Waals surface area contributed by atoms with Crippen LogP contribution in [0.2, 0.25) is 0 Å². The van der Waals surface area contributed by atoms with E-state index in [1.54, 1.807) is 18.2 Å². The summed E-state index contributed by atoms with van der Waals surface area (Å²) in [4.78, 5) is 12.3. The van der Waals surface area contributed by atoms with Gasteiger partial charge in [-0.2, -0.15) is 0 Å². The Bertz CT molecular complexity index is 638. The summed E-state index contributed by atoms with van der Waals surface area (Å²) in [7, 11) is 0. The molecule has 0 atom stereocenters. The van der Waals surface area contributed by atoms with Gasteiger partial charge in [0, 0.05) is 5.69 Å². The number of para-hydroxylation sites is 1. The van der Waals surface area contributed by atoms with Crippen molar-refractivity contribution in [1.29, 1.82) is 0 Å². The van der Waals surface area contributed by atoms with Gasteiger partial charge in [0.2, 0.25) is 0 Å². The highest BCUT2D eigenvalue weighted by Gasteiger charge is 2.11. The van der Waals surface area contributed by atoms with E-state index < -0.39 is 0 Å². The van der Waals surface area contributed by atoms with Gasteiger partial charge in [-0.1, -0.05) is 29.8 Å². The van der Waals surface area contributed by atoms with Crippen molar-refractivity contribution in [3.8, 4) is 0 Å². The van der Waals surface area contributed by atoms with Crippen LogP contribution in [0, 0.1) is 6.92 Å². The van der Waals surface area contributed by atoms with Gasteiger partial charge in [-0.05, 0) is 43.4 Å². The molecule has 0 saturated carbocycles. The van der Waals surface area contributed by atoms with Crippen molar-refractivity contribution in [2.45, 2.75) is 6.92 Å². The number of thiocarbonyl (C=S) groups is 1. The van der Waals surface area contributed by atoms with Crippen LogP contribution in [-0.4, -0.2) is 11.0 Å². The van der Waals surface area contributed by atoms with Crippen molar-refractivity contribution in [1.82, 2.24) is 0 Å². The van der Waals surface area contributed by atoms with Crippen molar-refractivity contribution < 1.29 is 4.79 Å². The highest BCUT2D eigenvalue weighted by molar-refractivity contribution is 7.80. The van der Waals surface area contributed by atoms with Gasteiger partial charge in [-0.3, -0.25) is 4.79 Å². The smallest absolute Gasteiger partial charge is 0.257 e. The van der Waals surface area contributed by atoms with E-state index in [4.69, 9.17) is 18.0 Å². The van der Waals surface area contributed by atoms with Gasteiger partial charge in [-0.25, -0.2) is 0 Å². The number of carbonyl (C=O) groups excluding carboxylic acids is 1. The first-order valence-electron chi connectivity index (χ1n) is 6.10. The number of anilines is 2. The number of hydrogen-bond donors (Lipinski definition) is 3. The molecule has 0 aliphatic carbocycles. The zero-order valence-electron chi connectivity index (χ0n) is 11.0. The Kier molecular flexibility index (Phi) is 4.32. The Morgan fingerprint density at radius 2 is 1.70 bits per heavy atom. The Hall–Kier alpha value is -2.40. The lowest BCUT2D eigenvalue weighted by Crippen LogP contribution is -2.22. The van der Waals surface area contributed by atoms with Gasteiger partial charge in [0.1, 0.15) is 0 Å². The molecule has 0 bridgehead atoms. The molecule has 2 aromatic rings. The van der Waals surface area contributed by atoms with Crippen molar-refractivity contribution in [3.63, 3.8) is 0 Å². The molecule has 1 amide bonds. The monoisotopic (exact) mass is 285 g/mol. The molecule has 4 N–H and O–H groups in total. The Morgan fingerprint density at radius 3 is 2.35 bits per heavy atom. The lowest BCUT2D eigenvalue weighted by molar-refractivity contribution is 0.102. The molecule has 2 aromatic carbocycles. The summed E-state index contributed by atoms with van der Waals surface area (Å²) in [5.74, 6) is -0.215. The third-order valence-electron chi connectivity index (χ3n) is 2.74. The van der Waals surface area contributed by atoms with E-state index >= 15 is 0 Å². The van der Waals surface area contributed by atoms with Crippen LogP contribution >= 0.6 is 12.2 Å². The molecule has 0 radical (unpaired) electrons. The molecule has 102 valence electrons. The van der Waals surface area contributed by atoms with E-state index in [1.165, 1.54) is 0 Å². The van der Waals surface area contributed by atoms with Gasteiger partial charge >= 0.3 is 0 Å². The molecule has 0 aliphatic rings. The summed E-state index contributed by atoms with van der Waals surface area (Å²) in [5, 5.41) is 5.76. The lowest BCUT2D eigenvalue weighted by atomic mass is 10.1. The van der Waals surface area contributed by atoms with Crippen LogP contribution in [0.25, 0.3) is 0 Å². The number of nitrogens with one attached hydrogen (secondary N) is 2. The number of aryl methyl sites for hydroxylation is 1. The standard InChI is InChI=1S/C15H15N3OS/c1-10-6-8-11(9-7-10)17-14(19)12-4-2-3-5-13(12)18-15(16)20/h2-9H,1H3,(H,17,19)(H3,16,18,20). The number of hydrogen-bond acceptors (Lipinski definition) is 2. The fourth-order valence-electron chi connectivity index (χ4n) is 1.76. The summed E-state index contributed by atoms with van der Waals surface area (Å²) in [6, 6.07) is 14.7. The zero-order chi connectivity index (χ0) is 14.5. The summed E-state index contributed by atoms with van der Waals surface area (Å²) in [5.41, 5.74) is 8.40. The first-order chi connectivity index (χ1) is 9.56. The van der Waals surface area contributed by atoms with Gasteiger partial charge in [0.25, 0.3) is 5.91 Å². The van der Waals surface area contributed by atoms with Crippen LogP contribution in [0.3, 0.4) is 0 Å². The topological polar surface area (TPSA) is 67.2 Å². The molecular weight excluding hydrogens is 270 g/mol. The van der Waals surface area contributed by atoms with Crippen molar-refractivity contribution in [3.05, 3.63) is 59.7 Å². The summed E-state index contributed by atoms with van der Waals surface area (Å²) in [6.45, 7) is 1.99. The van der Waals surface area contributed by atoms with Crippen molar-refractivity contribution in [2.75, 3.05) is 10.6 Å². The van der Waals surface area contributed by atoms with Crippen molar-refractivity contribution >= 4 is 34.6 Å². The molecule has 0 spiro atoms. The molecule has 5 heteroatoms. The molecule has 0 aromatic heterocycles. The molecule has 0 unspecified atom stereocenters. The van der Waals surface area contributed by atoms with E-state index in [9.17, 15) is 4.79 Å². The first kappa shape index (κ1) is 14.0. The van der Waals surface area contributed by atoms with E-state index in [1.807, 2.05) is 37.3 Å². The summed E-state index contributed by atoms with van der Waals surface area (Å²) >= 11 is 4.80. The molecule has 0 heterocycles. The number of nitrogens with two attached hydrogens (primary N) is 1. The van der Waals surface area contributed by atoms with Gasteiger partial charge in [0.05, 0.1) is 11.3 Å². The minimum Gasteiger partial charge on any atom is -0.376 e. The van der Waals surface area contributed by atoms with Crippen LogP contribution in [0.1, 0.15) is 15.9 Å². The van der Waals surface area contributed by atoms with Gasteiger partial charge in [0.15, 0.2) is 5.11 Å². The average Bonchev–Trinajstić information content (AvgIpc) is 2.41. The molecule has 0 aliphatic heterocycles. The maximum atomic E-state index is 12.3. The molecular formula is C15H15N3OS. The Morgan fingerprint density at radius 1 is 1.05 bits per heavy atom. The van der Waals surface area contributed by atoms with Crippen LogP contribution < -0.4 is 16.4 Å². The predicted molar refractivity (Wildman–Crippen MR) is 86.0 cm³/mol. The van der Waals surface area contributed by atoms with Gasteiger partial charge < -0.3 is 16.4 Å². The second-order valence-electron chi connectivity index (χ2n) is 4.35. The highest BCUT2D eigenvalue weighted by atomic mass is 32.1. The third-order valence-corrected chi connectivity index (χ3v) is 2.84. The maximum absolute atomic E-state index is 12.3. The molecule has 2 rings (SSSR count). The number of carbonyl (C=O) groups is 1. The first-order valence-corrected chi connectivity index (χ1v) is 6.50. The third kappa shape index (κ3) is 3.55. The molecule has 20 heavy (non-hydrogen) atoms. The second kappa shape index (κ2) is 6.16. The van der Waals surface area contributed by atoms with E-state index in [0.717, 1.165) is 11.3 Å². The van der Waals surface area contributed by atoms with Gasteiger partial charge in [-0.15, -0.1) is 0 Å². The van der Waals surface area contributed by atoms with E-state index in [-0.39, 0.29) is 11.0 Å². The minimum atomic E-state index is -0.215. The SMILES string of the molecule is Cc1ccc(NC(=O)c2ccccc2NC(N)=S)cc1. The number of benzene rings is 2. The largest absolute Gasteiger partial charge is 0.376 e. The Labute approximate surface area is 123 Å². The van der Waals surface area contributed by atoms with Crippen molar-refractivity contribution in [2.24, 2.45) is 5.73 Å². The lowest BCUT2D eigenvalue weighted by Gasteiger charge is -2.11. The summed E-state index contributed by atoms with van der Waals surface area (Å²) in [6.07, 6.45) is 0. The highest BCUT2D eigenvalue weighted by Crippen LogP contribution is 2.17. The van der Waals surface area contributed by atoms with Crippen LogP contribution in [0.15, 0.2) is 48.5 Å². The normalized spacial score (nSPS) is 9.85. The second-order valence-corrected chi connectivity index (χ2v) is 4.79. The number of amides is 1. The summed E-state index contributed by atoms with van der Waals surface area (Å²) < 4.78 is 0. The Balaban J connectivity index is 2.20. The maximum Gasteiger partial charge on any atom is 0.257 e. The molecule has 0 fully saturated rings. The van der Waals surface area contributed by atoms with E-state index in [2.05, 4.69) is 10.6 Å².